The second kappa shape index (κ2) is 28.2. The van der Waals surface area contributed by atoms with Gasteiger partial charge in [0, 0.05) is 12.8 Å². The molecule has 2 N–H and O–H groups in total. The monoisotopic (exact) mass is 484 g/mol. The zero-order chi connectivity index (χ0) is 25.7. The van der Waals surface area contributed by atoms with Crippen molar-refractivity contribution in [2.24, 2.45) is 0 Å². The Morgan fingerprint density at radius 1 is 0.743 bits per heavy atom. The molecule has 0 amide bonds. The molecule has 35 heavy (non-hydrogen) atoms. The van der Waals surface area contributed by atoms with Crippen LogP contribution in [0.2, 0.25) is 0 Å². The number of rotatable bonds is 23. The third-order valence-corrected chi connectivity index (χ3v) is 5.87. The van der Waals surface area contributed by atoms with Crippen LogP contribution < -0.4 is 0 Å². The summed E-state index contributed by atoms with van der Waals surface area (Å²) in [6.07, 6.45) is 37.3. The molecule has 0 saturated heterocycles. The molecule has 0 aliphatic heterocycles. The molecule has 1 atom stereocenters. The van der Waals surface area contributed by atoms with E-state index in [1.165, 1.54) is 77.0 Å². The third kappa shape index (κ3) is 29.9. The van der Waals surface area contributed by atoms with Crippen molar-refractivity contribution in [2.75, 3.05) is 0 Å². The van der Waals surface area contributed by atoms with E-state index in [4.69, 9.17) is 5.11 Å². The topological polar surface area (TPSA) is 57.5 Å². The average molecular weight is 485 g/mol. The number of hydrogen-bond donors (Lipinski definition) is 2. The van der Waals surface area contributed by atoms with Crippen LogP contribution in [-0.2, 0) is 4.79 Å². The molecule has 3 heteroatoms. The van der Waals surface area contributed by atoms with Crippen LogP contribution in [0.5, 0.6) is 0 Å². The van der Waals surface area contributed by atoms with E-state index in [-0.39, 0.29) is 0 Å². The van der Waals surface area contributed by atoms with Gasteiger partial charge in [-0.15, -0.1) is 0 Å². The Bertz CT molecular complexity index is 645. The van der Waals surface area contributed by atoms with Crippen molar-refractivity contribution in [3.8, 4) is 11.8 Å². The second-order valence-electron chi connectivity index (χ2n) is 9.27. The highest BCUT2D eigenvalue weighted by molar-refractivity contribution is 5.66. The van der Waals surface area contributed by atoms with Crippen LogP contribution >= 0.6 is 0 Å². The molecule has 0 radical (unpaired) electrons. The Morgan fingerprint density at radius 3 is 1.91 bits per heavy atom. The van der Waals surface area contributed by atoms with Gasteiger partial charge in [-0.05, 0) is 50.7 Å². The first-order valence-electron chi connectivity index (χ1n) is 14.2. The quantitative estimate of drug-likeness (QED) is 0.0863. The maximum atomic E-state index is 10.4. The minimum atomic E-state index is -0.665. The van der Waals surface area contributed by atoms with Gasteiger partial charge in [-0.3, -0.25) is 4.79 Å². The lowest BCUT2D eigenvalue weighted by Gasteiger charge is -2.03. The summed E-state index contributed by atoms with van der Waals surface area (Å²) >= 11 is 0. The predicted octanol–water partition coefficient (Wildman–Crippen LogP) is 9.09. The highest BCUT2D eigenvalue weighted by Crippen LogP contribution is 2.13. The van der Waals surface area contributed by atoms with Gasteiger partial charge in [-0.25, -0.2) is 0 Å². The number of unbranched alkanes of at least 4 members (excludes halogenated alkanes) is 13. The van der Waals surface area contributed by atoms with E-state index in [1.807, 2.05) is 6.08 Å². The maximum absolute atomic E-state index is 10.4. The smallest absolute Gasteiger partial charge is 0.303 e. The molecule has 3 nitrogen and oxygen atoms in total. The largest absolute Gasteiger partial charge is 0.481 e. The molecule has 198 valence electrons. The number of allylic oxidation sites excluding steroid dienone is 6. The van der Waals surface area contributed by atoms with Gasteiger partial charge < -0.3 is 10.2 Å². The Kier molecular flexibility index (Phi) is 26.5. The number of aliphatic hydroxyl groups is 1. The van der Waals surface area contributed by atoms with E-state index in [9.17, 15) is 9.90 Å². The van der Waals surface area contributed by atoms with Crippen molar-refractivity contribution in [1.29, 1.82) is 0 Å². The Balaban J connectivity index is 3.37. The van der Waals surface area contributed by atoms with Crippen molar-refractivity contribution in [1.82, 2.24) is 0 Å². The van der Waals surface area contributed by atoms with Crippen molar-refractivity contribution in [3.05, 3.63) is 48.6 Å². The number of hydrogen-bond acceptors (Lipinski definition) is 2. The van der Waals surface area contributed by atoms with E-state index >= 15 is 0 Å². The van der Waals surface area contributed by atoms with Crippen molar-refractivity contribution < 1.29 is 15.0 Å². The fourth-order valence-corrected chi connectivity index (χ4v) is 3.77. The van der Waals surface area contributed by atoms with Crippen molar-refractivity contribution >= 4 is 5.97 Å². The first-order chi connectivity index (χ1) is 17.2. The summed E-state index contributed by atoms with van der Waals surface area (Å²) in [7, 11) is 0. The summed E-state index contributed by atoms with van der Waals surface area (Å²) in [5.41, 5.74) is 0. The highest BCUT2D eigenvalue weighted by atomic mass is 16.4. The van der Waals surface area contributed by atoms with E-state index in [1.54, 1.807) is 12.2 Å². The molecule has 0 heterocycles. The Labute approximate surface area is 216 Å². The number of aliphatic hydroxyl groups excluding tert-OH is 1. The van der Waals surface area contributed by atoms with Crippen LogP contribution in [0.4, 0.5) is 0 Å². The molecule has 0 rings (SSSR count). The van der Waals surface area contributed by atoms with Gasteiger partial charge in [0.25, 0.3) is 0 Å². The van der Waals surface area contributed by atoms with Crippen LogP contribution in [0.25, 0.3) is 0 Å². The van der Waals surface area contributed by atoms with Crippen molar-refractivity contribution in [3.63, 3.8) is 0 Å². The van der Waals surface area contributed by atoms with Gasteiger partial charge in [0.05, 0.1) is 6.10 Å². The van der Waals surface area contributed by atoms with Crippen LogP contribution in [-0.4, -0.2) is 22.3 Å². The predicted molar refractivity (Wildman–Crippen MR) is 151 cm³/mol. The molecular weight excluding hydrogens is 432 g/mol. The zero-order valence-corrected chi connectivity index (χ0v) is 22.4. The minimum absolute atomic E-state index is 0.328. The van der Waals surface area contributed by atoms with Gasteiger partial charge >= 0.3 is 5.97 Å². The molecule has 0 saturated carbocycles. The molecule has 0 aromatic carbocycles. The first-order valence-corrected chi connectivity index (χ1v) is 14.2. The van der Waals surface area contributed by atoms with Crippen molar-refractivity contribution in [2.45, 2.75) is 135 Å². The minimum Gasteiger partial charge on any atom is -0.481 e. The molecule has 0 bridgehead atoms. The number of carbonyl (C=O) groups is 1. The lowest BCUT2D eigenvalue weighted by Crippen LogP contribution is -1.98. The second-order valence-corrected chi connectivity index (χ2v) is 9.27. The summed E-state index contributed by atoms with van der Waals surface area (Å²) in [5, 5.41) is 18.3. The van der Waals surface area contributed by atoms with Crippen LogP contribution in [0.1, 0.15) is 129 Å². The van der Waals surface area contributed by atoms with Gasteiger partial charge in [0.1, 0.15) is 0 Å². The molecule has 0 aliphatic rings. The molecule has 0 fully saturated rings. The first kappa shape index (κ1) is 33.0. The fraction of sp³-hybridized carbons (Fsp3) is 0.656. The fourth-order valence-electron chi connectivity index (χ4n) is 3.77. The summed E-state index contributed by atoms with van der Waals surface area (Å²) in [4.78, 5) is 10.4. The van der Waals surface area contributed by atoms with E-state index in [0.29, 0.717) is 12.8 Å². The highest BCUT2D eigenvalue weighted by Gasteiger charge is 1.97. The number of aliphatic carboxylic acids is 1. The third-order valence-electron chi connectivity index (χ3n) is 5.87. The SMILES string of the molecule is CC/C=C/CC(O)/C=C/C#CC/C=C/C/C=C/CCCCCCCCCCCCCCCC(=O)O. The lowest BCUT2D eigenvalue weighted by atomic mass is 10.0. The molecule has 1 unspecified atom stereocenters. The summed E-state index contributed by atoms with van der Waals surface area (Å²) in [6.45, 7) is 2.08. The standard InChI is InChI=1S/C32H52O3/c1-2-3-25-28-31(33)29-26-23-21-19-17-15-13-11-9-7-5-4-6-8-10-12-14-16-18-20-22-24-27-30-32(34)35/h3,9,11,15,17,25-26,29,31,33H,2,4-8,10,12-14,16,18-20,22,24,27-28,30H2,1H3,(H,34,35)/b11-9+,17-15+,25-3+,29-26+. The van der Waals surface area contributed by atoms with Crippen LogP contribution in [0, 0.1) is 11.8 Å². The lowest BCUT2D eigenvalue weighted by molar-refractivity contribution is -0.137. The summed E-state index contributed by atoms with van der Waals surface area (Å²) in [6, 6.07) is 0. The van der Waals surface area contributed by atoms with E-state index < -0.39 is 12.1 Å². The summed E-state index contributed by atoms with van der Waals surface area (Å²) in [5.74, 6) is 5.38. The number of carboxylic acid groups (broad SMARTS) is 1. The van der Waals surface area contributed by atoms with Gasteiger partial charge in [0.2, 0.25) is 0 Å². The molecule has 0 aromatic heterocycles. The van der Waals surface area contributed by atoms with Crippen LogP contribution in [0.15, 0.2) is 48.6 Å². The number of carboxylic acids is 1. The Hall–Kier alpha value is -2.05. The normalized spacial score (nSPS) is 12.7. The molecule has 0 aromatic rings. The van der Waals surface area contributed by atoms with E-state index in [0.717, 1.165) is 32.1 Å². The zero-order valence-electron chi connectivity index (χ0n) is 22.4. The van der Waals surface area contributed by atoms with Gasteiger partial charge in [-0.1, -0.05) is 126 Å². The summed E-state index contributed by atoms with van der Waals surface area (Å²) < 4.78 is 0. The average Bonchev–Trinajstić information content (AvgIpc) is 2.84. The van der Waals surface area contributed by atoms with Crippen LogP contribution in [0.3, 0.4) is 0 Å². The van der Waals surface area contributed by atoms with Gasteiger partial charge in [-0.2, -0.15) is 0 Å². The van der Waals surface area contributed by atoms with E-state index in [2.05, 4.69) is 49.1 Å². The molecule has 0 aliphatic carbocycles. The molecular formula is C32H52O3. The molecule has 0 spiro atoms. The van der Waals surface area contributed by atoms with Gasteiger partial charge in [0.15, 0.2) is 0 Å². The maximum Gasteiger partial charge on any atom is 0.303 e. The Morgan fingerprint density at radius 2 is 1.31 bits per heavy atom.